The van der Waals surface area contributed by atoms with E-state index in [0.29, 0.717) is 5.92 Å². The van der Waals surface area contributed by atoms with Crippen LogP contribution in [0.2, 0.25) is 0 Å². The Bertz CT molecular complexity index is 3970. The predicted molar refractivity (Wildman–Crippen MR) is 258 cm³/mol. The Hall–Kier alpha value is -7.82. The highest BCUT2D eigenvalue weighted by molar-refractivity contribution is 6.35. The lowest BCUT2D eigenvalue weighted by Gasteiger charge is -2.29. The van der Waals surface area contributed by atoms with E-state index < -0.39 is 0 Å². The Morgan fingerprint density at radius 2 is 1.16 bits per heavy atom. The van der Waals surface area contributed by atoms with E-state index in [1.165, 1.54) is 87.5 Å². The Labute approximate surface area is 357 Å². The van der Waals surface area contributed by atoms with Gasteiger partial charge in [0.1, 0.15) is 5.69 Å². The van der Waals surface area contributed by atoms with Gasteiger partial charge in [-0.15, -0.1) is 0 Å². The van der Waals surface area contributed by atoms with Gasteiger partial charge in [0.05, 0.1) is 38.6 Å². The van der Waals surface area contributed by atoms with Crippen molar-refractivity contribution < 1.29 is 0 Å². The molecule has 14 rings (SSSR count). The van der Waals surface area contributed by atoms with Crippen LogP contribution in [0.3, 0.4) is 0 Å². The molecule has 1 atom stereocenters. The smallest absolute Gasteiger partial charge is 0.165 e. The van der Waals surface area contributed by atoms with Crippen molar-refractivity contribution in [2.45, 2.75) is 25.2 Å². The molecule has 13 aromatic rings. The predicted octanol–water partition coefficient (Wildman–Crippen LogP) is 14.6. The van der Waals surface area contributed by atoms with Crippen LogP contribution in [0.15, 0.2) is 188 Å². The number of hydrogen-bond acceptors (Lipinski definition) is 2. The summed E-state index contributed by atoms with van der Waals surface area (Å²) in [5.74, 6) is 1.26. The Kier molecular flexibility index (Phi) is 7.03. The average molecular weight is 791 g/mol. The largest absolute Gasteiger partial charge is 0.308 e. The first kappa shape index (κ1) is 34.0. The number of hydrogen-bond donors (Lipinski definition) is 0. The van der Waals surface area contributed by atoms with Crippen LogP contribution in [-0.2, 0) is 12.8 Å². The van der Waals surface area contributed by atoms with Crippen molar-refractivity contribution in [3.8, 4) is 28.2 Å². The molecule has 62 heavy (non-hydrogen) atoms. The first-order chi connectivity index (χ1) is 30.7. The van der Waals surface area contributed by atoms with E-state index in [9.17, 15) is 0 Å². The molecule has 0 bridgehead atoms. The third kappa shape index (κ3) is 4.78. The Morgan fingerprint density at radius 3 is 2.02 bits per heavy atom. The second-order valence-corrected chi connectivity index (χ2v) is 17.2. The minimum atomic E-state index is 0.420. The quantitative estimate of drug-likeness (QED) is 0.174. The lowest BCUT2D eigenvalue weighted by atomic mass is 9.76. The molecular formula is C58H38N4. The molecule has 1 aliphatic carbocycles. The molecule has 4 heterocycles. The molecule has 4 nitrogen and oxygen atoms in total. The molecule has 0 saturated carbocycles. The second-order valence-electron chi connectivity index (χ2n) is 17.2. The minimum absolute atomic E-state index is 0.420. The van der Waals surface area contributed by atoms with Crippen LogP contribution in [0.4, 0.5) is 0 Å². The van der Waals surface area contributed by atoms with Gasteiger partial charge in [-0.3, -0.25) is 4.57 Å². The normalized spacial score (nSPS) is 14.0. The number of nitrogens with zero attached hydrogens (tertiary/aromatic N) is 4. The summed E-state index contributed by atoms with van der Waals surface area (Å²) in [5, 5.41) is 9.91. The third-order valence-electron chi connectivity index (χ3n) is 13.9. The van der Waals surface area contributed by atoms with Gasteiger partial charge in [0.2, 0.25) is 0 Å². The maximum Gasteiger partial charge on any atom is 0.165 e. The topological polar surface area (TPSA) is 35.1 Å². The van der Waals surface area contributed by atoms with E-state index in [2.05, 4.69) is 197 Å². The van der Waals surface area contributed by atoms with Crippen molar-refractivity contribution in [2.24, 2.45) is 0 Å². The standard InChI is InChI=1S/C58H38N4/c1-2-14-35(15-3-1)26-27-39-30-38-18-6-7-19-41(38)45-32-40(28-29-42(39)45)55-58(60-50-23-11-10-22-49(50)59-55)62-52-25-13-9-21-44(52)47-34-46-43-20-8-12-24-51(43)61-53-33-37-17-5-4-16-36(37)31-48(53)54(56(46)61)57(47)62/h1-25,28-29,31-34,39H,26-27,30H2/t39-/m0/s1. The summed E-state index contributed by atoms with van der Waals surface area (Å²) in [4.78, 5) is 11.2. The maximum atomic E-state index is 5.64. The summed E-state index contributed by atoms with van der Waals surface area (Å²) in [7, 11) is 0. The van der Waals surface area contributed by atoms with Crippen molar-refractivity contribution in [3.05, 3.63) is 205 Å². The van der Waals surface area contributed by atoms with Crippen molar-refractivity contribution in [1.29, 1.82) is 0 Å². The van der Waals surface area contributed by atoms with Crippen LogP contribution in [0.5, 0.6) is 0 Å². The van der Waals surface area contributed by atoms with E-state index in [-0.39, 0.29) is 0 Å². The first-order valence-corrected chi connectivity index (χ1v) is 21.8. The summed E-state index contributed by atoms with van der Waals surface area (Å²) < 4.78 is 4.95. The van der Waals surface area contributed by atoms with Gasteiger partial charge >= 0.3 is 0 Å². The summed E-state index contributed by atoms with van der Waals surface area (Å²) in [6.07, 6.45) is 3.19. The molecule has 4 heteroatoms. The highest BCUT2D eigenvalue weighted by atomic mass is 15.1. The number of benzene rings is 9. The van der Waals surface area contributed by atoms with Crippen LogP contribution in [0.25, 0.3) is 110 Å². The molecule has 1 aliphatic rings. The van der Waals surface area contributed by atoms with Gasteiger partial charge in [-0.2, -0.15) is 0 Å². The van der Waals surface area contributed by atoms with E-state index in [4.69, 9.17) is 9.97 Å². The number of rotatable bonds is 5. The fourth-order valence-corrected chi connectivity index (χ4v) is 11.1. The van der Waals surface area contributed by atoms with Gasteiger partial charge in [-0.25, -0.2) is 9.97 Å². The SMILES string of the molecule is c1ccc(CC[C@H]2Cc3ccccc3-c3cc(-c4nc5ccccc5nc4-n4c5ccccc5c5cc6c7ccccc7n7c8cc9ccccc9cc8c(c54)c67)ccc32)cc1. The highest BCUT2D eigenvalue weighted by Crippen LogP contribution is 2.49. The summed E-state index contributed by atoms with van der Waals surface area (Å²) >= 11 is 0. The van der Waals surface area contributed by atoms with Crippen molar-refractivity contribution in [2.75, 3.05) is 0 Å². The van der Waals surface area contributed by atoms with Crippen LogP contribution >= 0.6 is 0 Å². The second kappa shape index (κ2) is 12.8. The molecule has 0 aliphatic heterocycles. The van der Waals surface area contributed by atoms with Crippen LogP contribution < -0.4 is 0 Å². The highest BCUT2D eigenvalue weighted by Gasteiger charge is 2.29. The lowest BCUT2D eigenvalue weighted by molar-refractivity contribution is 0.616. The van der Waals surface area contributed by atoms with Crippen molar-refractivity contribution in [1.82, 2.24) is 18.9 Å². The number of fused-ring (bicyclic) bond motifs is 15. The van der Waals surface area contributed by atoms with Gasteiger partial charge in [-0.1, -0.05) is 140 Å². The van der Waals surface area contributed by atoms with Crippen molar-refractivity contribution in [3.63, 3.8) is 0 Å². The van der Waals surface area contributed by atoms with Gasteiger partial charge in [-0.05, 0) is 112 Å². The van der Waals surface area contributed by atoms with E-state index in [0.717, 1.165) is 58.4 Å². The summed E-state index contributed by atoms with van der Waals surface area (Å²) in [6.45, 7) is 0. The van der Waals surface area contributed by atoms with Gasteiger partial charge in [0.15, 0.2) is 5.82 Å². The zero-order valence-electron chi connectivity index (χ0n) is 33.9. The van der Waals surface area contributed by atoms with Gasteiger partial charge in [0, 0.05) is 37.9 Å². The van der Waals surface area contributed by atoms with Crippen LogP contribution in [0, 0.1) is 0 Å². The molecule has 0 N–H and O–H groups in total. The molecule has 0 saturated heterocycles. The molecule has 0 spiro atoms. The molecule has 290 valence electrons. The average Bonchev–Trinajstić information content (AvgIpc) is 3.96. The van der Waals surface area contributed by atoms with E-state index >= 15 is 0 Å². The first-order valence-electron chi connectivity index (χ1n) is 21.8. The molecule has 0 radical (unpaired) electrons. The molecule has 4 aromatic heterocycles. The summed E-state index contributed by atoms with van der Waals surface area (Å²) in [5.41, 5.74) is 16.5. The fourth-order valence-electron chi connectivity index (χ4n) is 11.1. The minimum Gasteiger partial charge on any atom is -0.308 e. The Balaban J connectivity index is 1.08. The van der Waals surface area contributed by atoms with Crippen molar-refractivity contribution >= 4 is 81.7 Å². The number of aryl methyl sites for hydroxylation is 1. The maximum absolute atomic E-state index is 5.64. The van der Waals surface area contributed by atoms with E-state index in [1.807, 2.05) is 0 Å². The number of aromatic nitrogens is 4. The van der Waals surface area contributed by atoms with E-state index in [1.54, 1.807) is 0 Å². The Morgan fingerprint density at radius 1 is 0.484 bits per heavy atom. The molecule has 0 fully saturated rings. The van der Waals surface area contributed by atoms with Crippen LogP contribution in [-0.4, -0.2) is 18.9 Å². The molecule has 0 amide bonds. The third-order valence-corrected chi connectivity index (χ3v) is 13.9. The van der Waals surface area contributed by atoms with Gasteiger partial charge in [0.25, 0.3) is 0 Å². The van der Waals surface area contributed by atoms with Gasteiger partial charge < -0.3 is 4.40 Å². The number of para-hydroxylation sites is 4. The zero-order chi connectivity index (χ0) is 40.5. The monoisotopic (exact) mass is 790 g/mol. The summed E-state index contributed by atoms with van der Waals surface area (Å²) in [6, 6.07) is 69.1. The zero-order valence-corrected chi connectivity index (χ0v) is 33.9. The lowest BCUT2D eigenvalue weighted by Crippen LogP contribution is -2.13. The molecule has 9 aromatic carbocycles. The molecule has 0 unspecified atom stereocenters. The molecular weight excluding hydrogens is 753 g/mol. The van der Waals surface area contributed by atoms with Crippen LogP contribution in [0.1, 0.15) is 29.0 Å². The fraction of sp³-hybridized carbons (Fsp3) is 0.0690.